The number of nitrogens with zero attached hydrogens (tertiary/aromatic N) is 1. The molecule has 1 unspecified atom stereocenters. The van der Waals surface area contributed by atoms with Crippen molar-refractivity contribution < 1.29 is 49.8 Å². The van der Waals surface area contributed by atoms with Gasteiger partial charge in [-0.1, -0.05) is 12.1 Å². The summed E-state index contributed by atoms with van der Waals surface area (Å²) in [6, 6.07) is 5.86. The lowest BCUT2D eigenvalue weighted by atomic mass is 9.85. The summed E-state index contributed by atoms with van der Waals surface area (Å²) >= 11 is 0. The first kappa shape index (κ1) is 27.6. The van der Waals surface area contributed by atoms with Gasteiger partial charge in [0.25, 0.3) is 0 Å². The van der Waals surface area contributed by atoms with E-state index in [-0.39, 0.29) is 30.2 Å². The van der Waals surface area contributed by atoms with E-state index in [9.17, 15) is 40.3 Å². The minimum atomic E-state index is -5.03. The Hall–Kier alpha value is -3.41. The van der Waals surface area contributed by atoms with Gasteiger partial charge in [-0.25, -0.2) is 9.18 Å². The third-order valence-corrected chi connectivity index (χ3v) is 6.76. The van der Waals surface area contributed by atoms with Gasteiger partial charge in [-0.3, -0.25) is 4.79 Å². The molecule has 2 aliphatic heterocycles. The average molecular weight is 545 g/mol. The van der Waals surface area contributed by atoms with E-state index in [1.54, 1.807) is 0 Å². The van der Waals surface area contributed by atoms with Crippen molar-refractivity contribution in [3.63, 3.8) is 0 Å². The molecular weight excluding hydrogens is 523 g/mol. The van der Waals surface area contributed by atoms with Gasteiger partial charge in [0, 0.05) is 36.6 Å². The van der Waals surface area contributed by atoms with E-state index in [0.29, 0.717) is 17.7 Å². The predicted molar refractivity (Wildman–Crippen MR) is 119 cm³/mol. The topological polar surface area (TPSA) is 55.8 Å². The summed E-state index contributed by atoms with van der Waals surface area (Å²) in [5, 5.41) is 0. The van der Waals surface area contributed by atoms with Crippen LogP contribution in [0.4, 0.5) is 30.7 Å². The van der Waals surface area contributed by atoms with Crippen molar-refractivity contribution in [2.24, 2.45) is 0 Å². The zero-order chi connectivity index (χ0) is 28.0. The molecule has 1 fully saturated rings. The van der Waals surface area contributed by atoms with Crippen LogP contribution in [0.25, 0.3) is 0 Å². The Kier molecular flexibility index (Phi) is 7.30. The maximum absolute atomic E-state index is 13.6. The number of ether oxygens (including phenoxy) is 2. The lowest BCUT2D eigenvalue weighted by Crippen LogP contribution is -2.41. The second-order valence-electron chi connectivity index (χ2n) is 9.16. The molecule has 5 nitrogen and oxygen atoms in total. The summed E-state index contributed by atoms with van der Waals surface area (Å²) in [4.78, 5) is 26.4. The molecule has 1 amide bonds. The highest BCUT2D eigenvalue weighted by Crippen LogP contribution is 2.44. The Morgan fingerprint density at radius 1 is 1.00 bits per heavy atom. The van der Waals surface area contributed by atoms with Crippen LogP contribution in [0.2, 0.25) is 0 Å². The van der Waals surface area contributed by atoms with E-state index in [1.807, 2.05) is 0 Å². The standard InChI is InChI=1S/C26H22F7NO4/c1-13(15-7-17(25(28,29)30)11-18(8-15)26(31,32)33)38-21-12-34-20(9-16(10-22(34)35)24(36)37-2)23(21)14-3-5-19(27)6-4-14/h3-8,10-11,13,20-21,23H,9,12H2,1-2H3/t13-,20+,21+,23?/m1/s1. The zero-order valence-corrected chi connectivity index (χ0v) is 20.1. The first-order valence-electron chi connectivity index (χ1n) is 11.5. The Labute approximate surface area is 212 Å². The number of rotatable bonds is 5. The molecule has 2 aromatic carbocycles. The van der Waals surface area contributed by atoms with Crippen LogP contribution >= 0.6 is 0 Å². The van der Waals surface area contributed by atoms with Crippen LogP contribution in [0.5, 0.6) is 0 Å². The molecule has 0 saturated carbocycles. The number of halogens is 7. The molecule has 12 heteroatoms. The molecule has 38 heavy (non-hydrogen) atoms. The molecule has 204 valence electrons. The van der Waals surface area contributed by atoms with E-state index in [1.165, 1.54) is 36.1 Å². The SMILES string of the molecule is COC(=O)C1=CC(=O)N2C[C@H](O[C@H](C)c3cc(C(F)(F)F)cc(C(F)(F)F)c3)C(c3ccc(F)cc3)[C@@H]2C1. The van der Waals surface area contributed by atoms with Gasteiger partial charge in [-0.15, -0.1) is 0 Å². The van der Waals surface area contributed by atoms with Crippen LogP contribution in [0, 0.1) is 5.82 Å². The molecular formula is C26H22F7NO4. The normalized spacial score (nSPS) is 22.7. The fraction of sp³-hybridized carbons (Fsp3) is 0.385. The van der Waals surface area contributed by atoms with Crippen LogP contribution in [0.1, 0.15) is 47.6 Å². The second-order valence-corrected chi connectivity index (χ2v) is 9.16. The van der Waals surface area contributed by atoms with Crippen molar-refractivity contribution in [1.29, 1.82) is 0 Å². The van der Waals surface area contributed by atoms with E-state index in [4.69, 9.17) is 9.47 Å². The highest BCUT2D eigenvalue weighted by atomic mass is 19.4. The van der Waals surface area contributed by atoms with Gasteiger partial charge in [0.15, 0.2) is 0 Å². The third kappa shape index (κ3) is 5.54. The Bertz CT molecular complexity index is 1220. The predicted octanol–water partition coefficient (Wildman–Crippen LogP) is 5.81. The summed E-state index contributed by atoms with van der Waals surface area (Å²) in [6.07, 6.45) is -11.0. The summed E-state index contributed by atoms with van der Waals surface area (Å²) in [7, 11) is 1.16. The van der Waals surface area contributed by atoms with Crippen molar-refractivity contribution in [1.82, 2.24) is 4.90 Å². The molecule has 0 aliphatic carbocycles. The number of carbonyl (C=O) groups is 2. The van der Waals surface area contributed by atoms with E-state index >= 15 is 0 Å². The number of carbonyl (C=O) groups excluding carboxylic acids is 2. The Morgan fingerprint density at radius 2 is 1.58 bits per heavy atom. The van der Waals surface area contributed by atoms with Crippen molar-refractivity contribution in [3.8, 4) is 0 Å². The Balaban J connectivity index is 1.70. The van der Waals surface area contributed by atoms with Crippen LogP contribution in [0.15, 0.2) is 54.1 Å². The summed E-state index contributed by atoms with van der Waals surface area (Å²) in [6.45, 7) is 1.26. The third-order valence-electron chi connectivity index (χ3n) is 6.76. The van der Waals surface area contributed by atoms with Gasteiger partial charge in [0.2, 0.25) is 5.91 Å². The number of amides is 1. The molecule has 0 N–H and O–H groups in total. The molecule has 1 saturated heterocycles. The summed E-state index contributed by atoms with van der Waals surface area (Å²) < 4.78 is 105. The lowest BCUT2D eigenvalue weighted by Gasteiger charge is -2.32. The molecule has 2 aliphatic rings. The summed E-state index contributed by atoms with van der Waals surface area (Å²) in [5.41, 5.74) is -2.67. The molecule has 2 heterocycles. The molecule has 4 atom stereocenters. The zero-order valence-electron chi connectivity index (χ0n) is 20.1. The highest BCUT2D eigenvalue weighted by molar-refractivity contribution is 6.00. The molecule has 0 aromatic heterocycles. The lowest BCUT2D eigenvalue weighted by molar-refractivity contribution is -0.143. The highest BCUT2D eigenvalue weighted by Gasteiger charge is 2.48. The number of fused-ring (bicyclic) bond motifs is 1. The maximum atomic E-state index is 13.6. The molecule has 0 bridgehead atoms. The van der Waals surface area contributed by atoms with Gasteiger partial charge in [0.1, 0.15) is 5.82 Å². The Morgan fingerprint density at radius 3 is 2.11 bits per heavy atom. The molecule has 0 spiro atoms. The van der Waals surface area contributed by atoms with E-state index < -0.39 is 65.3 Å². The van der Waals surface area contributed by atoms with Crippen LogP contribution in [-0.4, -0.2) is 42.6 Å². The largest absolute Gasteiger partial charge is 0.466 e. The number of hydrogen-bond donors (Lipinski definition) is 0. The number of esters is 1. The van der Waals surface area contributed by atoms with Crippen molar-refractivity contribution in [2.45, 2.75) is 49.9 Å². The minimum Gasteiger partial charge on any atom is -0.466 e. The molecule has 4 rings (SSSR count). The number of alkyl halides is 6. The monoisotopic (exact) mass is 545 g/mol. The minimum absolute atomic E-state index is 0.0338. The molecule has 2 aromatic rings. The fourth-order valence-corrected chi connectivity index (χ4v) is 4.97. The quantitative estimate of drug-likeness (QED) is 0.352. The number of methoxy groups -OCH3 is 1. The average Bonchev–Trinajstić information content (AvgIpc) is 3.21. The number of benzene rings is 2. The van der Waals surface area contributed by atoms with Gasteiger partial charge in [-0.2, -0.15) is 26.3 Å². The smallest absolute Gasteiger partial charge is 0.416 e. The van der Waals surface area contributed by atoms with Crippen LogP contribution in [-0.2, 0) is 31.4 Å². The van der Waals surface area contributed by atoms with Gasteiger partial charge < -0.3 is 14.4 Å². The van der Waals surface area contributed by atoms with Crippen LogP contribution in [0.3, 0.4) is 0 Å². The van der Waals surface area contributed by atoms with Crippen molar-refractivity contribution in [2.75, 3.05) is 13.7 Å². The van der Waals surface area contributed by atoms with E-state index in [0.717, 1.165) is 13.2 Å². The first-order chi connectivity index (χ1) is 17.7. The van der Waals surface area contributed by atoms with Crippen molar-refractivity contribution >= 4 is 11.9 Å². The maximum Gasteiger partial charge on any atom is 0.416 e. The van der Waals surface area contributed by atoms with Gasteiger partial charge >= 0.3 is 18.3 Å². The molecule has 0 radical (unpaired) electrons. The fourth-order valence-electron chi connectivity index (χ4n) is 4.97. The van der Waals surface area contributed by atoms with Crippen LogP contribution < -0.4 is 0 Å². The number of hydrogen-bond acceptors (Lipinski definition) is 4. The van der Waals surface area contributed by atoms with Gasteiger partial charge in [0.05, 0.1) is 30.4 Å². The summed E-state index contributed by atoms with van der Waals surface area (Å²) in [5.74, 6) is -2.43. The first-order valence-corrected chi connectivity index (χ1v) is 11.5. The second kappa shape index (κ2) is 10.0. The van der Waals surface area contributed by atoms with Crippen molar-refractivity contribution in [3.05, 3.63) is 82.2 Å². The van der Waals surface area contributed by atoms with E-state index in [2.05, 4.69) is 0 Å². The van der Waals surface area contributed by atoms with Gasteiger partial charge in [-0.05, 0) is 48.4 Å².